The molecule has 1 N–H and O–H groups in total. The molecule has 0 spiro atoms. The minimum absolute atomic E-state index is 0.0767. The number of aromatic nitrogens is 3. The molecule has 0 aromatic carbocycles. The van der Waals surface area contributed by atoms with E-state index in [1.807, 2.05) is 28.1 Å². The van der Waals surface area contributed by atoms with E-state index >= 15 is 0 Å². The molecule has 0 fully saturated rings. The van der Waals surface area contributed by atoms with Crippen molar-refractivity contribution in [1.82, 2.24) is 19.7 Å². The van der Waals surface area contributed by atoms with Crippen LogP contribution < -0.4 is 0 Å². The van der Waals surface area contributed by atoms with Crippen LogP contribution in [0.1, 0.15) is 41.2 Å². The fourth-order valence-corrected chi connectivity index (χ4v) is 3.82. The van der Waals surface area contributed by atoms with Gasteiger partial charge in [-0.05, 0) is 25.8 Å². The molecule has 1 amide bonds. The van der Waals surface area contributed by atoms with Gasteiger partial charge in [0.25, 0.3) is 0 Å². The minimum Gasteiger partial charge on any atom is -0.481 e. The Kier molecular flexibility index (Phi) is 5.47. The van der Waals surface area contributed by atoms with Crippen LogP contribution in [-0.4, -0.2) is 43.2 Å². The Labute approximate surface area is 150 Å². The van der Waals surface area contributed by atoms with Gasteiger partial charge in [0.2, 0.25) is 5.91 Å². The molecule has 2 aromatic heterocycles. The summed E-state index contributed by atoms with van der Waals surface area (Å²) in [5, 5.41) is 13.3. The summed E-state index contributed by atoms with van der Waals surface area (Å²) in [6.07, 6.45) is 2.58. The number of thiazole rings is 1. The highest BCUT2D eigenvalue weighted by molar-refractivity contribution is 7.09. The molecule has 134 valence electrons. The molecule has 0 radical (unpaired) electrons. The lowest BCUT2D eigenvalue weighted by Gasteiger charge is -2.19. The highest BCUT2D eigenvalue weighted by atomic mass is 32.1. The van der Waals surface area contributed by atoms with Crippen LogP contribution >= 0.6 is 11.3 Å². The van der Waals surface area contributed by atoms with Crippen molar-refractivity contribution in [2.75, 3.05) is 6.54 Å². The van der Waals surface area contributed by atoms with E-state index in [0.29, 0.717) is 19.4 Å². The molecule has 0 saturated carbocycles. The maximum atomic E-state index is 12.6. The van der Waals surface area contributed by atoms with Gasteiger partial charge < -0.3 is 10.0 Å². The number of carboxylic acids is 1. The van der Waals surface area contributed by atoms with E-state index < -0.39 is 5.97 Å². The van der Waals surface area contributed by atoms with Crippen molar-refractivity contribution in [3.05, 3.63) is 33.5 Å². The van der Waals surface area contributed by atoms with Crippen LogP contribution in [0, 0.1) is 6.92 Å². The average Bonchev–Trinajstić information content (AvgIpc) is 3.10. The maximum Gasteiger partial charge on any atom is 0.303 e. The molecule has 0 aliphatic carbocycles. The second kappa shape index (κ2) is 7.77. The van der Waals surface area contributed by atoms with Gasteiger partial charge in [-0.2, -0.15) is 5.10 Å². The number of fused-ring (bicyclic) bond motifs is 1. The third-order valence-corrected chi connectivity index (χ3v) is 5.42. The quantitative estimate of drug-likeness (QED) is 0.849. The molecule has 8 heteroatoms. The van der Waals surface area contributed by atoms with E-state index in [4.69, 9.17) is 5.11 Å². The third kappa shape index (κ3) is 4.45. The SMILES string of the molecule is Cc1ncsc1CCC(=O)N1CCCn2nc(CCC(=O)O)cc2C1. The fraction of sp³-hybridized carbons (Fsp3) is 0.529. The first kappa shape index (κ1) is 17.6. The summed E-state index contributed by atoms with van der Waals surface area (Å²) in [4.78, 5) is 30.6. The van der Waals surface area contributed by atoms with Crippen molar-refractivity contribution < 1.29 is 14.7 Å². The van der Waals surface area contributed by atoms with E-state index in [-0.39, 0.29) is 12.3 Å². The zero-order chi connectivity index (χ0) is 17.8. The highest BCUT2D eigenvalue weighted by Crippen LogP contribution is 2.18. The molecular weight excluding hydrogens is 340 g/mol. The van der Waals surface area contributed by atoms with Gasteiger partial charge in [0.05, 0.1) is 35.6 Å². The Balaban J connectivity index is 1.61. The minimum atomic E-state index is -0.821. The second-order valence-electron chi connectivity index (χ2n) is 6.27. The lowest BCUT2D eigenvalue weighted by Crippen LogP contribution is -2.30. The smallest absolute Gasteiger partial charge is 0.303 e. The van der Waals surface area contributed by atoms with Crippen LogP contribution in [0.2, 0.25) is 0 Å². The molecule has 3 rings (SSSR count). The molecule has 25 heavy (non-hydrogen) atoms. The Morgan fingerprint density at radius 1 is 1.28 bits per heavy atom. The number of aliphatic carboxylic acids is 1. The molecule has 2 aromatic rings. The number of nitrogens with zero attached hydrogens (tertiary/aromatic N) is 4. The van der Waals surface area contributed by atoms with Gasteiger partial charge in [-0.3, -0.25) is 14.3 Å². The number of carbonyl (C=O) groups excluding carboxylic acids is 1. The highest BCUT2D eigenvalue weighted by Gasteiger charge is 2.21. The number of hydrogen-bond donors (Lipinski definition) is 1. The predicted molar refractivity (Wildman–Crippen MR) is 93.4 cm³/mol. The number of rotatable bonds is 6. The van der Waals surface area contributed by atoms with Crippen molar-refractivity contribution in [2.45, 2.75) is 52.1 Å². The van der Waals surface area contributed by atoms with Crippen LogP contribution in [0.15, 0.2) is 11.6 Å². The normalized spacial score (nSPS) is 14.2. The molecule has 0 saturated heterocycles. The van der Waals surface area contributed by atoms with Crippen molar-refractivity contribution in [3.8, 4) is 0 Å². The van der Waals surface area contributed by atoms with Crippen molar-refractivity contribution >= 4 is 23.2 Å². The van der Waals surface area contributed by atoms with E-state index in [9.17, 15) is 9.59 Å². The standard InChI is InChI=1S/C17H22N4O3S/c1-12-15(25-11-18-12)4-5-16(22)20-7-2-8-21-14(10-20)9-13(19-21)3-6-17(23)24/h9,11H,2-8,10H2,1H3,(H,23,24). The number of amides is 1. The van der Waals surface area contributed by atoms with Gasteiger partial charge in [0.1, 0.15) is 0 Å². The lowest BCUT2D eigenvalue weighted by molar-refractivity contribution is -0.137. The average molecular weight is 362 g/mol. The van der Waals surface area contributed by atoms with Gasteiger partial charge in [-0.25, -0.2) is 4.98 Å². The van der Waals surface area contributed by atoms with Gasteiger partial charge in [-0.15, -0.1) is 11.3 Å². The number of hydrogen-bond acceptors (Lipinski definition) is 5. The number of carbonyl (C=O) groups is 2. The van der Waals surface area contributed by atoms with Crippen LogP contribution in [0.5, 0.6) is 0 Å². The van der Waals surface area contributed by atoms with Crippen LogP contribution in [0.4, 0.5) is 0 Å². The summed E-state index contributed by atoms with van der Waals surface area (Å²) in [5.41, 5.74) is 4.60. The largest absolute Gasteiger partial charge is 0.481 e. The van der Waals surface area contributed by atoms with E-state index in [1.165, 1.54) is 4.88 Å². The van der Waals surface area contributed by atoms with Gasteiger partial charge in [-0.1, -0.05) is 0 Å². The molecule has 3 heterocycles. The predicted octanol–water partition coefficient (Wildman–Crippen LogP) is 2.03. The molecular formula is C17H22N4O3S. The molecule has 0 bridgehead atoms. The summed E-state index contributed by atoms with van der Waals surface area (Å²) in [6, 6.07) is 1.93. The number of carboxylic acid groups (broad SMARTS) is 1. The first-order valence-corrected chi connectivity index (χ1v) is 9.35. The Bertz CT molecular complexity index is 768. The van der Waals surface area contributed by atoms with Gasteiger partial charge in [0, 0.05) is 30.8 Å². The van der Waals surface area contributed by atoms with Crippen LogP contribution in [-0.2, 0) is 35.5 Å². The molecule has 1 aliphatic heterocycles. The number of aryl methyl sites for hydroxylation is 4. The Morgan fingerprint density at radius 3 is 2.84 bits per heavy atom. The first-order chi connectivity index (χ1) is 12.0. The zero-order valence-corrected chi connectivity index (χ0v) is 15.1. The summed E-state index contributed by atoms with van der Waals surface area (Å²) >= 11 is 1.60. The maximum absolute atomic E-state index is 12.6. The summed E-state index contributed by atoms with van der Waals surface area (Å²) in [7, 11) is 0. The van der Waals surface area contributed by atoms with Gasteiger partial charge >= 0.3 is 5.97 Å². The zero-order valence-electron chi connectivity index (χ0n) is 14.3. The van der Waals surface area contributed by atoms with Crippen molar-refractivity contribution in [1.29, 1.82) is 0 Å². The van der Waals surface area contributed by atoms with Crippen molar-refractivity contribution in [3.63, 3.8) is 0 Å². The van der Waals surface area contributed by atoms with E-state index in [2.05, 4.69) is 10.1 Å². The fourth-order valence-electron chi connectivity index (χ4n) is 3.04. The van der Waals surface area contributed by atoms with E-state index in [1.54, 1.807) is 11.3 Å². The van der Waals surface area contributed by atoms with Crippen LogP contribution in [0.3, 0.4) is 0 Å². The van der Waals surface area contributed by atoms with E-state index in [0.717, 1.165) is 43.0 Å². The Hall–Kier alpha value is -2.22. The monoisotopic (exact) mass is 362 g/mol. The molecule has 1 aliphatic rings. The molecule has 7 nitrogen and oxygen atoms in total. The van der Waals surface area contributed by atoms with Gasteiger partial charge in [0.15, 0.2) is 0 Å². The lowest BCUT2D eigenvalue weighted by atomic mass is 10.2. The third-order valence-electron chi connectivity index (χ3n) is 4.42. The van der Waals surface area contributed by atoms with Crippen molar-refractivity contribution in [2.24, 2.45) is 0 Å². The summed E-state index contributed by atoms with van der Waals surface area (Å²) in [6.45, 7) is 4.01. The first-order valence-electron chi connectivity index (χ1n) is 8.47. The molecule has 0 atom stereocenters. The second-order valence-corrected chi connectivity index (χ2v) is 7.21. The molecule has 0 unspecified atom stereocenters. The summed E-state index contributed by atoms with van der Waals surface area (Å²) < 4.78 is 1.91. The Morgan fingerprint density at radius 2 is 2.12 bits per heavy atom. The topological polar surface area (TPSA) is 88.3 Å². The van der Waals surface area contributed by atoms with Crippen LogP contribution in [0.25, 0.3) is 0 Å². The summed E-state index contributed by atoms with van der Waals surface area (Å²) in [5.74, 6) is -0.673.